The standard InChI is InChI=1S/C8H17NS/c1-4-10-5-6-7(9)8(6,2)3/h6-7H,4-5,9H2,1-3H3/t6-,7-/m0/s1. The fourth-order valence-electron chi connectivity index (χ4n) is 1.35. The predicted octanol–water partition coefficient (Wildman–Crippen LogP) is 1.72. The molecule has 1 aliphatic rings. The highest BCUT2D eigenvalue weighted by Crippen LogP contribution is 2.51. The first-order valence-electron chi connectivity index (χ1n) is 3.94. The molecule has 0 saturated heterocycles. The number of nitrogens with two attached hydrogens (primary N) is 1. The molecule has 60 valence electrons. The van der Waals surface area contributed by atoms with Gasteiger partial charge in [-0.25, -0.2) is 0 Å². The van der Waals surface area contributed by atoms with Gasteiger partial charge in [0, 0.05) is 6.04 Å². The maximum atomic E-state index is 5.87. The van der Waals surface area contributed by atoms with E-state index in [4.69, 9.17) is 5.73 Å². The summed E-state index contributed by atoms with van der Waals surface area (Å²) in [5.74, 6) is 3.25. The third kappa shape index (κ3) is 1.32. The van der Waals surface area contributed by atoms with E-state index >= 15 is 0 Å². The van der Waals surface area contributed by atoms with Crippen LogP contribution in [0.5, 0.6) is 0 Å². The van der Waals surface area contributed by atoms with E-state index in [1.165, 1.54) is 11.5 Å². The van der Waals surface area contributed by atoms with Gasteiger partial charge in [0.15, 0.2) is 0 Å². The molecular formula is C8H17NS. The molecule has 1 saturated carbocycles. The molecule has 2 heteroatoms. The Morgan fingerprint density at radius 2 is 2.00 bits per heavy atom. The Balaban J connectivity index is 2.22. The zero-order valence-electron chi connectivity index (χ0n) is 7.05. The lowest BCUT2D eigenvalue weighted by molar-refractivity contribution is 0.577. The lowest BCUT2D eigenvalue weighted by atomic mass is 10.1. The quantitative estimate of drug-likeness (QED) is 0.678. The van der Waals surface area contributed by atoms with Gasteiger partial charge in [-0.3, -0.25) is 0 Å². The normalized spacial score (nSPS) is 36.0. The van der Waals surface area contributed by atoms with Gasteiger partial charge in [0.05, 0.1) is 0 Å². The molecule has 10 heavy (non-hydrogen) atoms. The van der Waals surface area contributed by atoms with Crippen molar-refractivity contribution >= 4 is 11.8 Å². The molecule has 1 aliphatic carbocycles. The summed E-state index contributed by atoms with van der Waals surface area (Å²) in [6.45, 7) is 6.72. The van der Waals surface area contributed by atoms with Gasteiger partial charge < -0.3 is 5.73 Å². The summed E-state index contributed by atoms with van der Waals surface area (Å²) in [5, 5.41) is 0. The van der Waals surface area contributed by atoms with E-state index in [1.54, 1.807) is 0 Å². The Morgan fingerprint density at radius 1 is 1.50 bits per heavy atom. The van der Waals surface area contributed by atoms with Crippen molar-refractivity contribution in [1.29, 1.82) is 0 Å². The summed E-state index contributed by atoms with van der Waals surface area (Å²) in [4.78, 5) is 0. The summed E-state index contributed by atoms with van der Waals surface area (Å²) in [7, 11) is 0. The molecule has 0 aromatic carbocycles. The molecule has 0 radical (unpaired) electrons. The average Bonchev–Trinajstić information content (AvgIpc) is 2.31. The minimum Gasteiger partial charge on any atom is -0.327 e. The first-order valence-corrected chi connectivity index (χ1v) is 5.09. The second kappa shape index (κ2) is 2.74. The number of hydrogen-bond donors (Lipinski definition) is 1. The van der Waals surface area contributed by atoms with Gasteiger partial charge in [-0.15, -0.1) is 0 Å². The molecule has 0 unspecified atom stereocenters. The summed E-state index contributed by atoms with van der Waals surface area (Å²) in [5.41, 5.74) is 6.30. The van der Waals surface area contributed by atoms with Gasteiger partial charge in [0.2, 0.25) is 0 Å². The smallest absolute Gasteiger partial charge is 0.0136 e. The highest BCUT2D eigenvalue weighted by molar-refractivity contribution is 7.99. The summed E-state index contributed by atoms with van der Waals surface area (Å²) in [6, 6.07) is 0.464. The van der Waals surface area contributed by atoms with Crippen molar-refractivity contribution in [3.05, 3.63) is 0 Å². The minimum absolute atomic E-state index is 0.433. The van der Waals surface area contributed by atoms with E-state index in [9.17, 15) is 0 Å². The maximum absolute atomic E-state index is 5.87. The van der Waals surface area contributed by atoms with Crippen molar-refractivity contribution in [2.75, 3.05) is 11.5 Å². The van der Waals surface area contributed by atoms with Gasteiger partial charge in [0.1, 0.15) is 0 Å². The van der Waals surface area contributed by atoms with Crippen molar-refractivity contribution in [3.8, 4) is 0 Å². The van der Waals surface area contributed by atoms with Gasteiger partial charge in [-0.2, -0.15) is 11.8 Å². The zero-order valence-corrected chi connectivity index (χ0v) is 7.87. The van der Waals surface area contributed by atoms with Crippen molar-refractivity contribution in [3.63, 3.8) is 0 Å². The zero-order chi connectivity index (χ0) is 7.78. The largest absolute Gasteiger partial charge is 0.327 e. The fourth-order valence-corrected chi connectivity index (χ4v) is 2.48. The summed E-state index contributed by atoms with van der Waals surface area (Å²) < 4.78 is 0. The summed E-state index contributed by atoms with van der Waals surface area (Å²) >= 11 is 2.00. The van der Waals surface area contributed by atoms with Crippen LogP contribution in [0.4, 0.5) is 0 Å². The van der Waals surface area contributed by atoms with Crippen LogP contribution in [0.15, 0.2) is 0 Å². The SMILES string of the molecule is CCSC[C@H]1[C@H](N)C1(C)C. The van der Waals surface area contributed by atoms with Crippen molar-refractivity contribution in [2.45, 2.75) is 26.8 Å². The molecule has 0 aromatic heterocycles. The second-order valence-electron chi connectivity index (χ2n) is 3.61. The molecule has 0 amide bonds. The Labute approximate surface area is 67.8 Å². The predicted molar refractivity (Wildman–Crippen MR) is 48.2 cm³/mol. The Kier molecular flexibility index (Phi) is 2.31. The highest BCUT2D eigenvalue weighted by atomic mass is 32.2. The van der Waals surface area contributed by atoms with Gasteiger partial charge in [-0.05, 0) is 22.8 Å². The van der Waals surface area contributed by atoms with Crippen molar-refractivity contribution in [1.82, 2.24) is 0 Å². The van der Waals surface area contributed by atoms with E-state index in [0.717, 1.165) is 5.92 Å². The van der Waals surface area contributed by atoms with Crippen LogP contribution in [0.25, 0.3) is 0 Å². The van der Waals surface area contributed by atoms with Gasteiger partial charge >= 0.3 is 0 Å². The monoisotopic (exact) mass is 159 g/mol. The van der Waals surface area contributed by atoms with Crippen LogP contribution >= 0.6 is 11.8 Å². The topological polar surface area (TPSA) is 26.0 Å². The molecule has 0 spiro atoms. The third-order valence-electron chi connectivity index (χ3n) is 2.64. The molecule has 2 atom stereocenters. The minimum atomic E-state index is 0.433. The number of thioether (sulfide) groups is 1. The third-order valence-corrected chi connectivity index (χ3v) is 3.64. The van der Waals surface area contributed by atoms with E-state index in [1.807, 2.05) is 11.8 Å². The maximum Gasteiger partial charge on any atom is 0.0136 e. The Bertz CT molecular complexity index is 122. The number of hydrogen-bond acceptors (Lipinski definition) is 2. The fraction of sp³-hybridized carbons (Fsp3) is 1.00. The van der Waals surface area contributed by atoms with Crippen LogP contribution in [-0.4, -0.2) is 17.5 Å². The van der Waals surface area contributed by atoms with E-state index < -0.39 is 0 Å². The molecule has 1 fully saturated rings. The first-order chi connectivity index (χ1) is 4.60. The molecule has 2 N–H and O–H groups in total. The molecule has 1 rings (SSSR count). The molecule has 0 aliphatic heterocycles. The second-order valence-corrected chi connectivity index (χ2v) is 4.93. The van der Waals surface area contributed by atoms with Crippen LogP contribution < -0.4 is 5.73 Å². The van der Waals surface area contributed by atoms with Crippen LogP contribution in [0.3, 0.4) is 0 Å². The van der Waals surface area contributed by atoms with Crippen molar-refractivity contribution in [2.24, 2.45) is 17.1 Å². The molecular weight excluding hydrogens is 142 g/mol. The van der Waals surface area contributed by atoms with E-state index in [2.05, 4.69) is 20.8 Å². The van der Waals surface area contributed by atoms with Crippen LogP contribution in [-0.2, 0) is 0 Å². The van der Waals surface area contributed by atoms with E-state index in [0.29, 0.717) is 11.5 Å². The Hall–Kier alpha value is 0.310. The van der Waals surface area contributed by atoms with Gasteiger partial charge in [0.25, 0.3) is 0 Å². The number of rotatable bonds is 3. The lowest BCUT2D eigenvalue weighted by Crippen LogP contribution is -2.06. The van der Waals surface area contributed by atoms with Crippen LogP contribution in [0, 0.1) is 11.3 Å². The average molecular weight is 159 g/mol. The first kappa shape index (κ1) is 8.41. The van der Waals surface area contributed by atoms with Crippen LogP contribution in [0.1, 0.15) is 20.8 Å². The van der Waals surface area contributed by atoms with Crippen LogP contribution in [0.2, 0.25) is 0 Å². The van der Waals surface area contributed by atoms with Crippen molar-refractivity contribution < 1.29 is 0 Å². The Morgan fingerprint density at radius 3 is 2.30 bits per heavy atom. The summed E-state index contributed by atoms with van der Waals surface area (Å²) in [6.07, 6.45) is 0. The lowest BCUT2D eigenvalue weighted by Gasteiger charge is -1.99. The molecule has 0 heterocycles. The highest BCUT2D eigenvalue weighted by Gasteiger charge is 2.54. The molecule has 0 aromatic rings. The van der Waals surface area contributed by atoms with E-state index in [-0.39, 0.29) is 0 Å². The molecule has 0 bridgehead atoms. The molecule has 1 nitrogen and oxygen atoms in total. The van der Waals surface area contributed by atoms with Gasteiger partial charge in [-0.1, -0.05) is 20.8 Å².